The van der Waals surface area contributed by atoms with Crippen molar-refractivity contribution in [3.63, 3.8) is 0 Å². The van der Waals surface area contributed by atoms with E-state index in [0.29, 0.717) is 18.0 Å². The SMILES string of the molecule is COc1cccc(NC(=O)C(C)(C)CN)c1. The van der Waals surface area contributed by atoms with Crippen LogP contribution in [0.25, 0.3) is 0 Å². The van der Waals surface area contributed by atoms with Gasteiger partial charge in [-0.15, -0.1) is 0 Å². The van der Waals surface area contributed by atoms with E-state index in [-0.39, 0.29) is 5.91 Å². The van der Waals surface area contributed by atoms with Gasteiger partial charge in [-0.2, -0.15) is 0 Å². The Morgan fingerprint density at radius 1 is 1.50 bits per heavy atom. The van der Waals surface area contributed by atoms with Crippen LogP contribution in [0.1, 0.15) is 13.8 Å². The number of carbonyl (C=O) groups is 1. The van der Waals surface area contributed by atoms with Crippen LogP contribution in [0.2, 0.25) is 0 Å². The zero-order valence-electron chi connectivity index (χ0n) is 9.91. The van der Waals surface area contributed by atoms with Crippen molar-refractivity contribution in [1.82, 2.24) is 0 Å². The lowest BCUT2D eigenvalue weighted by Gasteiger charge is -2.21. The fraction of sp³-hybridized carbons (Fsp3) is 0.417. The third kappa shape index (κ3) is 2.97. The van der Waals surface area contributed by atoms with Gasteiger partial charge in [0.1, 0.15) is 5.75 Å². The molecule has 0 saturated heterocycles. The van der Waals surface area contributed by atoms with Crippen molar-refractivity contribution in [2.45, 2.75) is 13.8 Å². The number of ether oxygens (including phenoxy) is 1. The smallest absolute Gasteiger partial charge is 0.231 e. The van der Waals surface area contributed by atoms with E-state index in [4.69, 9.17) is 10.5 Å². The number of methoxy groups -OCH3 is 1. The molecule has 0 atom stereocenters. The van der Waals surface area contributed by atoms with E-state index < -0.39 is 5.41 Å². The molecule has 0 radical (unpaired) electrons. The number of hydrogen-bond acceptors (Lipinski definition) is 3. The molecule has 16 heavy (non-hydrogen) atoms. The second kappa shape index (κ2) is 4.99. The Bertz CT molecular complexity index is 375. The van der Waals surface area contributed by atoms with Crippen molar-refractivity contribution < 1.29 is 9.53 Å². The number of benzene rings is 1. The first kappa shape index (κ1) is 12.5. The molecule has 1 amide bonds. The minimum absolute atomic E-state index is 0.0942. The Morgan fingerprint density at radius 2 is 2.19 bits per heavy atom. The highest BCUT2D eigenvalue weighted by Crippen LogP contribution is 2.20. The van der Waals surface area contributed by atoms with E-state index in [9.17, 15) is 4.79 Å². The molecule has 4 heteroatoms. The molecule has 0 aliphatic rings. The third-order valence-electron chi connectivity index (χ3n) is 2.45. The number of rotatable bonds is 4. The Hall–Kier alpha value is -1.55. The predicted molar refractivity (Wildman–Crippen MR) is 64.5 cm³/mol. The Morgan fingerprint density at radius 3 is 2.75 bits per heavy atom. The predicted octanol–water partition coefficient (Wildman–Crippen LogP) is 1.62. The van der Waals surface area contributed by atoms with Gasteiger partial charge in [0.2, 0.25) is 5.91 Å². The standard InChI is InChI=1S/C12H18N2O2/c1-12(2,8-13)11(15)14-9-5-4-6-10(7-9)16-3/h4-7H,8,13H2,1-3H3,(H,14,15). The van der Waals surface area contributed by atoms with Crippen molar-refractivity contribution in [2.75, 3.05) is 19.0 Å². The topological polar surface area (TPSA) is 64.3 Å². The molecular weight excluding hydrogens is 204 g/mol. The van der Waals surface area contributed by atoms with Gasteiger partial charge in [0.05, 0.1) is 12.5 Å². The van der Waals surface area contributed by atoms with Crippen LogP contribution in [0.5, 0.6) is 5.75 Å². The largest absolute Gasteiger partial charge is 0.497 e. The van der Waals surface area contributed by atoms with Crippen LogP contribution < -0.4 is 15.8 Å². The molecule has 1 aromatic carbocycles. The lowest BCUT2D eigenvalue weighted by molar-refractivity contribution is -0.123. The Kier molecular flexibility index (Phi) is 3.90. The summed E-state index contributed by atoms with van der Waals surface area (Å²) in [4.78, 5) is 11.8. The monoisotopic (exact) mass is 222 g/mol. The van der Waals surface area contributed by atoms with Gasteiger partial charge < -0.3 is 15.8 Å². The maximum absolute atomic E-state index is 11.8. The summed E-state index contributed by atoms with van der Waals surface area (Å²) in [5.41, 5.74) is 5.68. The van der Waals surface area contributed by atoms with Crippen molar-refractivity contribution in [3.05, 3.63) is 24.3 Å². The van der Waals surface area contributed by atoms with Crippen LogP contribution in [0, 0.1) is 5.41 Å². The van der Waals surface area contributed by atoms with E-state index in [0.717, 1.165) is 0 Å². The lowest BCUT2D eigenvalue weighted by atomic mass is 9.92. The van der Waals surface area contributed by atoms with Gasteiger partial charge in [-0.3, -0.25) is 4.79 Å². The fourth-order valence-electron chi connectivity index (χ4n) is 1.09. The van der Waals surface area contributed by atoms with Crippen molar-refractivity contribution in [3.8, 4) is 5.75 Å². The van der Waals surface area contributed by atoms with Crippen molar-refractivity contribution in [2.24, 2.45) is 11.1 Å². The molecule has 0 saturated carbocycles. The normalized spacial score (nSPS) is 11.0. The number of nitrogens with one attached hydrogen (secondary N) is 1. The second-order valence-corrected chi connectivity index (χ2v) is 4.27. The highest BCUT2D eigenvalue weighted by atomic mass is 16.5. The number of amides is 1. The van der Waals surface area contributed by atoms with E-state index >= 15 is 0 Å². The number of anilines is 1. The maximum Gasteiger partial charge on any atom is 0.231 e. The first-order chi connectivity index (χ1) is 7.49. The quantitative estimate of drug-likeness (QED) is 0.813. The molecule has 3 N–H and O–H groups in total. The number of carbonyl (C=O) groups excluding carboxylic acids is 1. The van der Waals surface area contributed by atoms with E-state index in [1.807, 2.05) is 32.0 Å². The first-order valence-corrected chi connectivity index (χ1v) is 5.15. The van der Waals surface area contributed by atoms with Gasteiger partial charge in [0, 0.05) is 18.3 Å². The molecule has 88 valence electrons. The van der Waals surface area contributed by atoms with E-state index in [1.54, 1.807) is 13.2 Å². The molecule has 0 spiro atoms. The van der Waals surface area contributed by atoms with E-state index in [1.165, 1.54) is 0 Å². The molecule has 1 rings (SSSR count). The average molecular weight is 222 g/mol. The number of hydrogen-bond donors (Lipinski definition) is 2. The molecule has 0 unspecified atom stereocenters. The van der Waals surface area contributed by atoms with Crippen LogP contribution in [0.15, 0.2) is 24.3 Å². The minimum Gasteiger partial charge on any atom is -0.497 e. The van der Waals surface area contributed by atoms with Gasteiger partial charge in [-0.1, -0.05) is 6.07 Å². The molecule has 0 aliphatic carbocycles. The Balaban J connectivity index is 2.77. The highest BCUT2D eigenvalue weighted by Gasteiger charge is 2.25. The van der Waals surface area contributed by atoms with Gasteiger partial charge in [0.15, 0.2) is 0 Å². The maximum atomic E-state index is 11.8. The van der Waals surface area contributed by atoms with Gasteiger partial charge in [0.25, 0.3) is 0 Å². The molecular formula is C12H18N2O2. The van der Waals surface area contributed by atoms with Gasteiger partial charge >= 0.3 is 0 Å². The fourth-order valence-corrected chi connectivity index (χ4v) is 1.09. The lowest BCUT2D eigenvalue weighted by Crippen LogP contribution is -2.37. The van der Waals surface area contributed by atoms with Gasteiger partial charge in [-0.05, 0) is 26.0 Å². The third-order valence-corrected chi connectivity index (χ3v) is 2.45. The van der Waals surface area contributed by atoms with Crippen LogP contribution in [0.3, 0.4) is 0 Å². The molecule has 0 aromatic heterocycles. The molecule has 4 nitrogen and oxygen atoms in total. The zero-order valence-corrected chi connectivity index (χ0v) is 9.91. The average Bonchev–Trinajstić information content (AvgIpc) is 2.29. The summed E-state index contributed by atoms with van der Waals surface area (Å²) in [5.74, 6) is 0.617. The van der Waals surface area contributed by atoms with Crippen molar-refractivity contribution >= 4 is 11.6 Å². The Labute approximate surface area is 95.8 Å². The second-order valence-electron chi connectivity index (χ2n) is 4.27. The highest BCUT2D eigenvalue weighted by molar-refractivity contribution is 5.95. The van der Waals surface area contributed by atoms with Gasteiger partial charge in [-0.25, -0.2) is 0 Å². The molecule has 0 heterocycles. The van der Waals surface area contributed by atoms with Crippen LogP contribution in [-0.4, -0.2) is 19.6 Å². The molecule has 1 aromatic rings. The minimum atomic E-state index is -0.566. The zero-order chi connectivity index (χ0) is 12.2. The first-order valence-electron chi connectivity index (χ1n) is 5.15. The molecule has 0 fully saturated rings. The summed E-state index contributed by atoms with van der Waals surface area (Å²) in [6.45, 7) is 3.92. The number of nitrogens with two attached hydrogens (primary N) is 1. The van der Waals surface area contributed by atoms with E-state index in [2.05, 4.69) is 5.32 Å². The van der Waals surface area contributed by atoms with Crippen LogP contribution >= 0.6 is 0 Å². The summed E-state index contributed by atoms with van der Waals surface area (Å²) in [6.07, 6.45) is 0. The summed E-state index contributed by atoms with van der Waals surface area (Å²) in [5, 5.41) is 2.81. The molecule has 0 aliphatic heterocycles. The molecule has 0 bridgehead atoms. The van der Waals surface area contributed by atoms with Crippen LogP contribution in [0.4, 0.5) is 5.69 Å². The van der Waals surface area contributed by atoms with Crippen LogP contribution in [-0.2, 0) is 4.79 Å². The summed E-state index contributed by atoms with van der Waals surface area (Å²) < 4.78 is 5.07. The summed E-state index contributed by atoms with van der Waals surface area (Å²) in [7, 11) is 1.59. The summed E-state index contributed by atoms with van der Waals surface area (Å²) in [6, 6.07) is 7.23. The van der Waals surface area contributed by atoms with Crippen molar-refractivity contribution in [1.29, 1.82) is 0 Å². The summed E-state index contributed by atoms with van der Waals surface area (Å²) >= 11 is 0.